The van der Waals surface area contributed by atoms with Crippen LogP contribution in [0.1, 0.15) is 11.1 Å². The molecule has 1 aliphatic rings. The molecule has 0 radical (unpaired) electrons. The minimum absolute atomic E-state index is 0.00841. The van der Waals surface area contributed by atoms with Crippen molar-refractivity contribution in [1.82, 2.24) is 4.90 Å². The quantitative estimate of drug-likeness (QED) is 0.474. The van der Waals surface area contributed by atoms with Gasteiger partial charge in [-0.05, 0) is 42.0 Å². The van der Waals surface area contributed by atoms with Crippen LogP contribution in [0, 0.1) is 11.3 Å². The highest BCUT2D eigenvalue weighted by Gasteiger charge is 2.44. The number of rotatable bonds is 7. The van der Waals surface area contributed by atoms with Crippen molar-refractivity contribution in [1.29, 1.82) is 5.26 Å². The molecule has 1 N–H and O–H groups in total. The number of phenolic OH excluding ortho intramolecular Hbond substituents is 1. The Morgan fingerprint density at radius 3 is 2.36 bits per heavy atom. The first-order chi connectivity index (χ1) is 17.3. The van der Waals surface area contributed by atoms with E-state index in [1.54, 1.807) is 54.6 Å². The van der Waals surface area contributed by atoms with Crippen molar-refractivity contribution in [2.75, 3.05) is 7.11 Å². The molecule has 0 amide bonds. The van der Waals surface area contributed by atoms with E-state index in [0.29, 0.717) is 11.5 Å². The maximum absolute atomic E-state index is 14.0. The highest BCUT2D eigenvalue weighted by atomic mass is 19.4. The molecule has 0 spiro atoms. The van der Waals surface area contributed by atoms with E-state index in [4.69, 9.17) is 14.2 Å². The molecule has 4 rings (SSSR count). The lowest BCUT2D eigenvalue weighted by atomic mass is 10.1. The lowest BCUT2D eigenvalue weighted by molar-refractivity contribution is -0.0989. The van der Waals surface area contributed by atoms with E-state index < -0.39 is 23.9 Å². The lowest BCUT2D eigenvalue weighted by Gasteiger charge is -2.35. The number of benzene rings is 3. The zero-order valence-corrected chi connectivity index (χ0v) is 18.9. The van der Waals surface area contributed by atoms with Crippen LogP contribution < -0.4 is 14.2 Å². The van der Waals surface area contributed by atoms with Crippen molar-refractivity contribution in [3.05, 3.63) is 95.4 Å². The van der Waals surface area contributed by atoms with Gasteiger partial charge in [0, 0.05) is 12.6 Å². The second-order valence-corrected chi connectivity index (χ2v) is 7.69. The van der Waals surface area contributed by atoms with Crippen molar-refractivity contribution in [3.63, 3.8) is 0 Å². The number of para-hydroxylation sites is 1. The number of methoxy groups -OCH3 is 1. The second-order valence-electron chi connectivity index (χ2n) is 7.69. The first-order valence-corrected chi connectivity index (χ1v) is 10.6. The normalized spacial score (nSPS) is 15.4. The average Bonchev–Trinajstić information content (AvgIpc) is 2.86. The van der Waals surface area contributed by atoms with Gasteiger partial charge in [-0.25, -0.2) is 4.99 Å². The number of phenols is 1. The van der Waals surface area contributed by atoms with Crippen LogP contribution in [0.15, 0.2) is 89.2 Å². The van der Waals surface area contributed by atoms with E-state index in [-0.39, 0.29) is 23.6 Å². The average molecular weight is 495 g/mol. The van der Waals surface area contributed by atoms with Gasteiger partial charge in [0.1, 0.15) is 23.0 Å². The van der Waals surface area contributed by atoms with Crippen LogP contribution in [0.4, 0.5) is 13.2 Å². The number of hydrogen-bond acceptors (Lipinski definition) is 7. The van der Waals surface area contributed by atoms with E-state index in [1.807, 2.05) is 6.07 Å². The Kier molecular flexibility index (Phi) is 7.01. The molecule has 3 aromatic carbocycles. The van der Waals surface area contributed by atoms with Gasteiger partial charge in [0.15, 0.2) is 11.5 Å². The smallest absolute Gasteiger partial charge is 0.437 e. The summed E-state index contributed by atoms with van der Waals surface area (Å²) in [5.74, 6) is -0.228. The van der Waals surface area contributed by atoms with E-state index in [0.717, 1.165) is 18.0 Å². The standard InChI is InChI=1S/C26H20F3N3O4/c1-34-20-9-7-17(8-10-20)15-32-16-31-24(26(27,28)29)23(25(32)36-21-5-3-2-4-6-21)35-22-12-18(14-30)11-19(33)13-22/h2-13,16,25,33H,15H2,1H3. The van der Waals surface area contributed by atoms with Gasteiger partial charge in [-0.15, -0.1) is 0 Å². The minimum Gasteiger partial charge on any atom is -0.508 e. The predicted octanol–water partition coefficient (Wildman–Crippen LogP) is 5.37. The molecule has 7 nitrogen and oxygen atoms in total. The summed E-state index contributed by atoms with van der Waals surface area (Å²) in [5, 5.41) is 19.1. The highest BCUT2D eigenvalue weighted by Crippen LogP contribution is 2.37. The van der Waals surface area contributed by atoms with E-state index in [2.05, 4.69) is 4.99 Å². The molecular weight excluding hydrogens is 475 g/mol. The molecule has 0 fully saturated rings. The van der Waals surface area contributed by atoms with Crippen LogP contribution >= 0.6 is 0 Å². The second kappa shape index (κ2) is 10.3. The first-order valence-electron chi connectivity index (χ1n) is 10.6. The van der Waals surface area contributed by atoms with Gasteiger partial charge in [0.25, 0.3) is 0 Å². The van der Waals surface area contributed by atoms with Gasteiger partial charge >= 0.3 is 6.18 Å². The van der Waals surface area contributed by atoms with Crippen LogP contribution in [0.25, 0.3) is 0 Å². The monoisotopic (exact) mass is 495 g/mol. The lowest BCUT2D eigenvalue weighted by Crippen LogP contribution is -2.45. The van der Waals surface area contributed by atoms with Crippen molar-refractivity contribution in [2.45, 2.75) is 18.9 Å². The highest BCUT2D eigenvalue weighted by molar-refractivity contribution is 5.61. The maximum Gasteiger partial charge on any atom is 0.437 e. The molecule has 184 valence electrons. The molecule has 1 heterocycles. The Labute approximate surface area is 204 Å². The largest absolute Gasteiger partial charge is 0.508 e. The predicted molar refractivity (Wildman–Crippen MR) is 124 cm³/mol. The number of aliphatic imine (C=N–C) groups is 1. The van der Waals surface area contributed by atoms with E-state index in [1.165, 1.54) is 24.1 Å². The van der Waals surface area contributed by atoms with Gasteiger partial charge in [0.2, 0.25) is 6.23 Å². The van der Waals surface area contributed by atoms with Crippen molar-refractivity contribution >= 4 is 6.34 Å². The summed E-state index contributed by atoms with van der Waals surface area (Å²) in [7, 11) is 1.53. The van der Waals surface area contributed by atoms with E-state index in [9.17, 15) is 23.5 Å². The molecule has 1 unspecified atom stereocenters. The Hall–Kier alpha value is -4.65. The molecule has 1 aliphatic heterocycles. The first kappa shape index (κ1) is 24.5. The Morgan fingerprint density at radius 2 is 1.72 bits per heavy atom. The van der Waals surface area contributed by atoms with Gasteiger partial charge in [0.05, 0.1) is 25.1 Å². The number of nitrogens with zero attached hydrogens (tertiary/aromatic N) is 3. The molecule has 1 atom stereocenters. The number of nitriles is 1. The van der Waals surface area contributed by atoms with Crippen molar-refractivity contribution in [3.8, 4) is 29.1 Å². The van der Waals surface area contributed by atoms with Gasteiger partial charge < -0.3 is 24.2 Å². The molecular formula is C26H20F3N3O4. The Balaban J connectivity index is 1.77. The van der Waals surface area contributed by atoms with Crippen molar-refractivity contribution < 1.29 is 32.5 Å². The Bertz CT molecular complexity index is 1320. The third-order valence-corrected chi connectivity index (χ3v) is 5.13. The van der Waals surface area contributed by atoms with Crippen LogP contribution in [0.3, 0.4) is 0 Å². The fourth-order valence-electron chi connectivity index (χ4n) is 3.48. The summed E-state index contributed by atoms with van der Waals surface area (Å²) in [6.45, 7) is 0.131. The summed E-state index contributed by atoms with van der Waals surface area (Å²) in [6.07, 6.45) is -5.20. The van der Waals surface area contributed by atoms with Crippen LogP contribution in [0.2, 0.25) is 0 Å². The topological polar surface area (TPSA) is 87.3 Å². The number of halogens is 3. The number of alkyl halides is 3. The third-order valence-electron chi connectivity index (χ3n) is 5.13. The molecule has 36 heavy (non-hydrogen) atoms. The molecule has 10 heteroatoms. The fraction of sp³-hybridized carbons (Fsp3) is 0.154. The zero-order valence-electron chi connectivity index (χ0n) is 18.9. The van der Waals surface area contributed by atoms with Crippen LogP contribution in [-0.4, -0.2) is 35.9 Å². The minimum atomic E-state index is -4.87. The number of aromatic hydroxyl groups is 1. The molecule has 0 saturated carbocycles. The van der Waals surface area contributed by atoms with Gasteiger partial charge in [-0.2, -0.15) is 18.4 Å². The third kappa shape index (κ3) is 5.70. The van der Waals surface area contributed by atoms with Crippen molar-refractivity contribution in [2.24, 2.45) is 4.99 Å². The van der Waals surface area contributed by atoms with E-state index >= 15 is 0 Å². The summed E-state index contributed by atoms with van der Waals surface area (Å²) in [4.78, 5) is 5.10. The number of ether oxygens (including phenoxy) is 3. The van der Waals surface area contributed by atoms with Gasteiger partial charge in [-0.1, -0.05) is 30.3 Å². The van der Waals surface area contributed by atoms with Gasteiger partial charge in [-0.3, -0.25) is 0 Å². The number of hydrogen-bond donors (Lipinski definition) is 1. The zero-order chi connectivity index (χ0) is 25.7. The summed E-state index contributed by atoms with van der Waals surface area (Å²) < 4.78 is 58.9. The molecule has 0 aliphatic carbocycles. The Morgan fingerprint density at radius 1 is 1.00 bits per heavy atom. The molecule has 0 saturated heterocycles. The summed E-state index contributed by atoms with van der Waals surface area (Å²) >= 11 is 0. The summed E-state index contributed by atoms with van der Waals surface area (Å²) in [5.41, 5.74) is -0.534. The van der Waals surface area contributed by atoms with Crippen LogP contribution in [-0.2, 0) is 6.54 Å². The summed E-state index contributed by atoms with van der Waals surface area (Å²) in [6, 6.07) is 20.6. The maximum atomic E-state index is 14.0. The number of allylic oxidation sites excluding steroid dienone is 1. The molecule has 3 aromatic rings. The fourth-order valence-corrected chi connectivity index (χ4v) is 3.48. The molecule has 0 bridgehead atoms. The molecule has 0 aromatic heterocycles. The van der Waals surface area contributed by atoms with Crippen LogP contribution in [0.5, 0.6) is 23.0 Å². The SMILES string of the molecule is COc1ccc(CN2C=NC(C(F)(F)F)=C(Oc3cc(O)cc(C#N)c3)C2Oc2ccccc2)cc1.